The Bertz CT molecular complexity index is 319. The Hall–Kier alpha value is 0.700. The van der Waals surface area contributed by atoms with Crippen molar-refractivity contribution in [2.45, 2.75) is 92.6 Å². The number of hydrogen-bond donors (Lipinski definition) is 0. The molecule has 0 spiro atoms. The molecule has 4 aliphatic rings. The molecule has 0 nitrogen and oxygen atoms in total. The molecular formula is C19H32S2. The van der Waals surface area contributed by atoms with Gasteiger partial charge in [0.05, 0.1) is 0 Å². The van der Waals surface area contributed by atoms with Crippen LogP contribution in [0.15, 0.2) is 0 Å². The summed E-state index contributed by atoms with van der Waals surface area (Å²) in [6.07, 6.45) is 14.0. The van der Waals surface area contributed by atoms with Crippen molar-refractivity contribution < 1.29 is 0 Å². The van der Waals surface area contributed by atoms with E-state index in [9.17, 15) is 0 Å². The first-order valence-corrected chi connectivity index (χ1v) is 11.4. The third-order valence-corrected chi connectivity index (χ3v) is 9.93. The SMILES string of the molecule is CC1SC1C1CCC(CC2CCC(C3SC3C)CC2)CC1. The van der Waals surface area contributed by atoms with E-state index in [1.807, 2.05) is 0 Å². The lowest BCUT2D eigenvalue weighted by molar-refractivity contribution is 0.193. The fourth-order valence-electron chi connectivity index (χ4n) is 5.37. The predicted octanol–water partition coefficient (Wildman–Crippen LogP) is 6.00. The monoisotopic (exact) mass is 324 g/mol. The molecule has 4 atom stereocenters. The van der Waals surface area contributed by atoms with Gasteiger partial charge < -0.3 is 0 Å². The minimum atomic E-state index is 0.990. The van der Waals surface area contributed by atoms with Gasteiger partial charge in [-0.25, -0.2) is 0 Å². The quantitative estimate of drug-likeness (QED) is 0.582. The Kier molecular flexibility index (Phi) is 4.57. The van der Waals surface area contributed by atoms with Crippen LogP contribution in [0.1, 0.15) is 71.6 Å². The van der Waals surface area contributed by atoms with Crippen LogP contribution in [-0.4, -0.2) is 21.0 Å². The van der Waals surface area contributed by atoms with Gasteiger partial charge in [-0.3, -0.25) is 0 Å². The second-order valence-corrected chi connectivity index (χ2v) is 11.5. The summed E-state index contributed by atoms with van der Waals surface area (Å²) >= 11 is 4.48. The molecule has 2 saturated heterocycles. The highest BCUT2D eigenvalue weighted by molar-refractivity contribution is 8.07. The van der Waals surface area contributed by atoms with Crippen molar-refractivity contribution in [2.75, 3.05) is 0 Å². The highest BCUT2D eigenvalue weighted by Gasteiger charge is 2.43. The Labute approximate surface area is 140 Å². The van der Waals surface area contributed by atoms with Gasteiger partial charge in [-0.05, 0) is 55.8 Å². The van der Waals surface area contributed by atoms with Crippen molar-refractivity contribution in [3.8, 4) is 0 Å². The van der Waals surface area contributed by atoms with Gasteiger partial charge in [0, 0.05) is 21.0 Å². The first-order valence-electron chi connectivity index (χ1n) is 9.51. The van der Waals surface area contributed by atoms with Gasteiger partial charge in [0.25, 0.3) is 0 Å². The van der Waals surface area contributed by atoms with Crippen LogP contribution in [0.4, 0.5) is 0 Å². The van der Waals surface area contributed by atoms with Crippen molar-refractivity contribution in [3.05, 3.63) is 0 Å². The van der Waals surface area contributed by atoms with E-state index in [1.165, 1.54) is 0 Å². The van der Waals surface area contributed by atoms with Crippen molar-refractivity contribution in [2.24, 2.45) is 23.7 Å². The molecule has 4 fully saturated rings. The van der Waals surface area contributed by atoms with E-state index in [2.05, 4.69) is 37.4 Å². The van der Waals surface area contributed by atoms with E-state index < -0.39 is 0 Å². The average Bonchev–Trinajstić information content (AvgIpc) is 3.40. The van der Waals surface area contributed by atoms with Gasteiger partial charge in [0.15, 0.2) is 0 Å². The molecule has 4 rings (SSSR count). The second kappa shape index (κ2) is 6.30. The Morgan fingerprint density at radius 2 is 0.952 bits per heavy atom. The van der Waals surface area contributed by atoms with Crippen LogP contribution in [0.2, 0.25) is 0 Å². The Morgan fingerprint density at radius 3 is 1.24 bits per heavy atom. The van der Waals surface area contributed by atoms with E-state index >= 15 is 0 Å². The Morgan fingerprint density at radius 1 is 0.619 bits per heavy atom. The molecule has 2 aliphatic heterocycles. The van der Waals surface area contributed by atoms with Gasteiger partial charge in [-0.2, -0.15) is 23.5 Å². The lowest BCUT2D eigenvalue weighted by Gasteiger charge is -2.34. The number of thioether (sulfide) groups is 2. The molecule has 0 radical (unpaired) electrons. The average molecular weight is 325 g/mol. The molecule has 2 aliphatic carbocycles. The summed E-state index contributed by atoms with van der Waals surface area (Å²) in [6, 6.07) is 0. The normalized spacial score (nSPS) is 53.4. The maximum Gasteiger partial charge on any atom is 0.0195 e. The zero-order chi connectivity index (χ0) is 14.4. The van der Waals surface area contributed by atoms with Crippen molar-refractivity contribution in [1.82, 2.24) is 0 Å². The first kappa shape index (κ1) is 15.2. The minimum Gasteiger partial charge on any atom is -0.153 e. The van der Waals surface area contributed by atoms with Crippen LogP contribution >= 0.6 is 23.5 Å². The molecule has 0 aromatic carbocycles. The molecular weight excluding hydrogens is 292 g/mol. The summed E-state index contributed by atoms with van der Waals surface area (Å²) in [7, 11) is 0. The molecule has 0 amide bonds. The number of hydrogen-bond acceptors (Lipinski definition) is 2. The van der Waals surface area contributed by atoms with Crippen LogP contribution in [0.5, 0.6) is 0 Å². The largest absolute Gasteiger partial charge is 0.153 e. The molecule has 0 aromatic heterocycles. The highest BCUT2D eigenvalue weighted by atomic mass is 32.2. The second-order valence-electron chi connectivity index (χ2n) is 8.41. The highest BCUT2D eigenvalue weighted by Crippen LogP contribution is 2.53. The summed E-state index contributed by atoms with van der Waals surface area (Å²) in [5.41, 5.74) is 0. The lowest BCUT2D eigenvalue weighted by atomic mass is 9.72. The molecule has 0 aromatic rings. The molecule has 2 heteroatoms. The van der Waals surface area contributed by atoms with Crippen molar-refractivity contribution >= 4 is 23.5 Å². The van der Waals surface area contributed by atoms with Gasteiger partial charge in [-0.1, -0.05) is 39.5 Å². The van der Waals surface area contributed by atoms with E-state index in [1.54, 1.807) is 57.8 Å². The summed E-state index contributed by atoms with van der Waals surface area (Å²) < 4.78 is 0. The smallest absolute Gasteiger partial charge is 0.0195 e. The van der Waals surface area contributed by atoms with Gasteiger partial charge >= 0.3 is 0 Å². The van der Waals surface area contributed by atoms with E-state index in [0.29, 0.717) is 0 Å². The van der Waals surface area contributed by atoms with Crippen LogP contribution in [-0.2, 0) is 0 Å². The van der Waals surface area contributed by atoms with Crippen LogP contribution in [0, 0.1) is 23.7 Å². The predicted molar refractivity (Wildman–Crippen MR) is 97.2 cm³/mol. The third kappa shape index (κ3) is 3.62. The van der Waals surface area contributed by atoms with E-state index in [4.69, 9.17) is 0 Å². The van der Waals surface area contributed by atoms with E-state index in [-0.39, 0.29) is 0 Å². The fourth-order valence-corrected chi connectivity index (χ4v) is 7.61. The molecule has 0 bridgehead atoms. The molecule has 120 valence electrons. The van der Waals surface area contributed by atoms with E-state index in [0.717, 1.165) is 44.7 Å². The van der Waals surface area contributed by atoms with Gasteiger partial charge in [0.2, 0.25) is 0 Å². The number of rotatable bonds is 4. The molecule has 4 unspecified atom stereocenters. The summed E-state index contributed by atoms with van der Waals surface area (Å²) in [5.74, 6) is 4.36. The van der Waals surface area contributed by atoms with Gasteiger partial charge in [0.1, 0.15) is 0 Å². The summed E-state index contributed by atoms with van der Waals surface area (Å²) in [6.45, 7) is 4.86. The fraction of sp³-hybridized carbons (Fsp3) is 1.00. The standard InChI is InChI=1S/C19H32S2/c1-12-18(20-12)16-7-3-14(4-8-16)11-15-5-9-17(10-6-15)19-13(2)21-19/h12-19H,3-11H2,1-2H3. The Balaban J connectivity index is 1.16. The zero-order valence-electron chi connectivity index (χ0n) is 13.8. The molecule has 2 heterocycles. The van der Waals surface area contributed by atoms with Crippen LogP contribution < -0.4 is 0 Å². The first-order chi connectivity index (χ1) is 10.2. The topological polar surface area (TPSA) is 0 Å². The van der Waals surface area contributed by atoms with Crippen LogP contribution in [0.3, 0.4) is 0 Å². The third-order valence-electron chi connectivity index (χ3n) is 6.89. The van der Waals surface area contributed by atoms with Gasteiger partial charge in [-0.15, -0.1) is 0 Å². The summed E-state index contributed by atoms with van der Waals surface area (Å²) in [4.78, 5) is 0. The van der Waals surface area contributed by atoms with Crippen LogP contribution in [0.25, 0.3) is 0 Å². The zero-order valence-corrected chi connectivity index (χ0v) is 15.4. The van der Waals surface area contributed by atoms with Crippen molar-refractivity contribution in [3.63, 3.8) is 0 Å². The maximum atomic E-state index is 2.43. The summed E-state index contributed by atoms with van der Waals surface area (Å²) in [5, 5.41) is 4.09. The molecule has 2 saturated carbocycles. The molecule has 21 heavy (non-hydrogen) atoms. The lowest BCUT2D eigenvalue weighted by Crippen LogP contribution is -2.24. The van der Waals surface area contributed by atoms with Crippen molar-refractivity contribution in [1.29, 1.82) is 0 Å². The minimum absolute atomic E-state index is 0.990. The molecule has 0 N–H and O–H groups in total. The maximum absolute atomic E-state index is 2.43.